The lowest BCUT2D eigenvalue weighted by molar-refractivity contribution is 0.530. The Kier molecular flexibility index (Phi) is 5.11. The number of aryl methyl sites for hydroxylation is 1. The molecule has 0 spiro atoms. The average Bonchev–Trinajstić information content (AvgIpc) is 2.76. The molecule has 0 aliphatic carbocycles. The summed E-state index contributed by atoms with van der Waals surface area (Å²) < 4.78 is 2.20. The summed E-state index contributed by atoms with van der Waals surface area (Å²) in [4.78, 5) is 9.21. The van der Waals surface area contributed by atoms with Gasteiger partial charge >= 0.3 is 0 Å². The van der Waals surface area contributed by atoms with E-state index in [1.165, 1.54) is 0 Å². The van der Waals surface area contributed by atoms with Gasteiger partial charge in [-0.15, -0.1) is 11.6 Å². The first-order valence-corrected chi connectivity index (χ1v) is 8.34. The highest BCUT2D eigenvalue weighted by molar-refractivity contribution is 7.99. The SMILES string of the molecule is CCSCCC(C)n1c(CCl)nc2ccc(C)nc21. The molecule has 19 heavy (non-hydrogen) atoms. The van der Waals surface area contributed by atoms with Gasteiger partial charge in [-0.2, -0.15) is 11.8 Å². The number of rotatable bonds is 6. The molecule has 2 aromatic heterocycles. The first kappa shape index (κ1) is 14.7. The third-order valence-corrected chi connectivity index (χ3v) is 4.37. The Bertz CT molecular complexity index is 553. The Morgan fingerprint density at radius 3 is 2.84 bits per heavy atom. The fraction of sp³-hybridized carbons (Fsp3) is 0.571. The second kappa shape index (κ2) is 6.62. The summed E-state index contributed by atoms with van der Waals surface area (Å²) in [5, 5.41) is 0. The molecular formula is C14H20ClN3S. The van der Waals surface area contributed by atoms with Gasteiger partial charge in [0.2, 0.25) is 0 Å². The Balaban J connectivity index is 2.35. The van der Waals surface area contributed by atoms with Crippen molar-refractivity contribution >= 4 is 34.5 Å². The van der Waals surface area contributed by atoms with Crippen LogP contribution in [0.1, 0.15) is 37.8 Å². The average molecular weight is 298 g/mol. The lowest BCUT2D eigenvalue weighted by Crippen LogP contribution is -2.10. The molecule has 2 aromatic rings. The van der Waals surface area contributed by atoms with E-state index < -0.39 is 0 Å². The monoisotopic (exact) mass is 297 g/mol. The van der Waals surface area contributed by atoms with Crippen LogP contribution in [0.3, 0.4) is 0 Å². The molecule has 0 amide bonds. The van der Waals surface area contributed by atoms with Crippen LogP contribution in [-0.2, 0) is 5.88 Å². The number of imidazole rings is 1. The highest BCUT2D eigenvalue weighted by Gasteiger charge is 2.16. The van der Waals surface area contributed by atoms with E-state index in [0.717, 1.165) is 40.6 Å². The molecule has 5 heteroatoms. The molecule has 0 aromatic carbocycles. The molecular weight excluding hydrogens is 278 g/mol. The van der Waals surface area contributed by atoms with Crippen molar-refractivity contribution in [3.63, 3.8) is 0 Å². The summed E-state index contributed by atoms with van der Waals surface area (Å²) in [5.41, 5.74) is 2.92. The van der Waals surface area contributed by atoms with E-state index in [0.29, 0.717) is 11.9 Å². The fourth-order valence-corrected chi connectivity index (χ4v) is 3.19. The number of hydrogen-bond donors (Lipinski definition) is 0. The second-order valence-electron chi connectivity index (χ2n) is 4.66. The predicted molar refractivity (Wildman–Crippen MR) is 84.1 cm³/mol. The Morgan fingerprint density at radius 2 is 2.16 bits per heavy atom. The van der Waals surface area contributed by atoms with Crippen LogP contribution in [0.4, 0.5) is 0 Å². The van der Waals surface area contributed by atoms with Crippen LogP contribution in [0.25, 0.3) is 11.2 Å². The highest BCUT2D eigenvalue weighted by Crippen LogP contribution is 2.24. The van der Waals surface area contributed by atoms with Crippen molar-refractivity contribution < 1.29 is 0 Å². The molecule has 2 rings (SSSR count). The first-order chi connectivity index (χ1) is 9.17. The molecule has 1 atom stereocenters. The molecule has 2 heterocycles. The van der Waals surface area contributed by atoms with Gasteiger partial charge in [0.05, 0.1) is 5.88 Å². The van der Waals surface area contributed by atoms with Gasteiger partial charge in [0.1, 0.15) is 11.3 Å². The highest BCUT2D eigenvalue weighted by atomic mass is 35.5. The molecule has 0 radical (unpaired) electrons. The van der Waals surface area contributed by atoms with Gasteiger partial charge in [-0.25, -0.2) is 9.97 Å². The van der Waals surface area contributed by atoms with Crippen LogP contribution in [0.2, 0.25) is 0 Å². The van der Waals surface area contributed by atoms with Gasteiger partial charge in [0, 0.05) is 11.7 Å². The van der Waals surface area contributed by atoms with E-state index in [2.05, 4.69) is 28.4 Å². The Morgan fingerprint density at radius 1 is 1.37 bits per heavy atom. The number of fused-ring (bicyclic) bond motifs is 1. The zero-order valence-electron chi connectivity index (χ0n) is 11.7. The molecule has 0 bridgehead atoms. The van der Waals surface area contributed by atoms with Gasteiger partial charge in [0.15, 0.2) is 5.65 Å². The van der Waals surface area contributed by atoms with Gasteiger partial charge in [-0.1, -0.05) is 6.92 Å². The molecule has 0 aliphatic heterocycles. The summed E-state index contributed by atoms with van der Waals surface area (Å²) in [6.07, 6.45) is 1.11. The zero-order valence-corrected chi connectivity index (χ0v) is 13.3. The largest absolute Gasteiger partial charge is 0.309 e. The third kappa shape index (κ3) is 3.23. The Hall–Kier alpha value is -0.740. The molecule has 0 saturated carbocycles. The minimum Gasteiger partial charge on any atom is -0.309 e. The summed E-state index contributed by atoms with van der Waals surface area (Å²) in [7, 11) is 0. The Labute approximate surface area is 123 Å². The lowest BCUT2D eigenvalue weighted by Gasteiger charge is -2.16. The quantitative estimate of drug-likeness (QED) is 0.592. The minimum absolute atomic E-state index is 0.382. The van der Waals surface area contributed by atoms with Crippen molar-refractivity contribution in [2.45, 2.75) is 39.1 Å². The van der Waals surface area contributed by atoms with Crippen molar-refractivity contribution in [3.8, 4) is 0 Å². The van der Waals surface area contributed by atoms with Crippen molar-refractivity contribution in [2.75, 3.05) is 11.5 Å². The van der Waals surface area contributed by atoms with Gasteiger partial charge in [0.25, 0.3) is 0 Å². The van der Waals surface area contributed by atoms with Crippen molar-refractivity contribution in [3.05, 3.63) is 23.7 Å². The fourth-order valence-electron chi connectivity index (χ4n) is 2.20. The smallest absolute Gasteiger partial charge is 0.160 e. The molecule has 0 aliphatic rings. The maximum Gasteiger partial charge on any atom is 0.160 e. The number of hydrogen-bond acceptors (Lipinski definition) is 3. The van der Waals surface area contributed by atoms with E-state index in [1.54, 1.807) is 0 Å². The topological polar surface area (TPSA) is 30.7 Å². The standard InChI is InChI=1S/C14H20ClN3S/c1-4-19-8-7-11(3)18-13(9-15)17-12-6-5-10(2)16-14(12)18/h5-6,11H,4,7-9H2,1-3H3. The van der Waals surface area contributed by atoms with E-state index in [4.69, 9.17) is 11.6 Å². The van der Waals surface area contributed by atoms with Crippen LogP contribution in [-0.4, -0.2) is 26.0 Å². The van der Waals surface area contributed by atoms with E-state index in [-0.39, 0.29) is 0 Å². The maximum atomic E-state index is 6.03. The number of aromatic nitrogens is 3. The third-order valence-electron chi connectivity index (χ3n) is 3.19. The van der Waals surface area contributed by atoms with Crippen LogP contribution < -0.4 is 0 Å². The van der Waals surface area contributed by atoms with Gasteiger partial charge in [-0.05, 0) is 43.9 Å². The summed E-state index contributed by atoms with van der Waals surface area (Å²) in [6, 6.07) is 4.40. The molecule has 0 N–H and O–H groups in total. The summed E-state index contributed by atoms with van der Waals surface area (Å²) in [6.45, 7) is 6.42. The number of alkyl halides is 1. The lowest BCUT2D eigenvalue weighted by atomic mass is 10.2. The predicted octanol–water partition coefficient (Wildman–Crippen LogP) is 4.18. The van der Waals surface area contributed by atoms with Crippen molar-refractivity contribution in [2.24, 2.45) is 0 Å². The van der Waals surface area contributed by atoms with E-state index in [1.807, 2.05) is 30.8 Å². The first-order valence-electron chi connectivity index (χ1n) is 6.65. The summed E-state index contributed by atoms with van der Waals surface area (Å²) in [5.74, 6) is 3.67. The van der Waals surface area contributed by atoms with Gasteiger partial charge < -0.3 is 4.57 Å². The second-order valence-corrected chi connectivity index (χ2v) is 6.32. The number of pyridine rings is 1. The summed E-state index contributed by atoms with van der Waals surface area (Å²) >= 11 is 8.00. The van der Waals surface area contributed by atoms with E-state index >= 15 is 0 Å². The van der Waals surface area contributed by atoms with Crippen LogP contribution in [0.5, 0.6) is 0 Å². The number of halogens is 1. The molecule has 0 fully saturated rings. The van der Waals surface area contributed by atoms with E-state index in [9.17, 15) is 0 Å². The normalized spacial score (nSPS) is 13.1. The number of thioether (sulfide) groups is 1. The number of nitrogens with zero attached hydrogens (tertiary/aromatic N) is 3. The molecule has 1 unspecified atom stereocenters. The molecule has 0 saturated heterocycles. The molecule has 104 valence electrons. The van der Waals surface area contributed by atoms with Crippen LogP contribution in [0, 0.1) is 6.92 Å². The van der Waals surface area contributed by atoms with Crippen LogP contribution in [0.15, 0.2) is 12.1 Å². The van der Waals surface area contributed by atoms with Crippen molar-refractivity contribution in [1.29, 1.82) is 0 Å². The zero-order chi connectivity index (χ0) is 13.8. The van der Waals surface area contributed by atoms with Crippen LogP contribution >= 0.6 is 23.4 Å². The minimum atomic E-state index is 0.382. The molecule has 3 nitrogen and oxygen atoms in total. The maximum absolute atomic E-state index is 6.03. The van der Waals surface area contributed by atoms with Gasteiger partial charge in [-0.3, -0.25) is 0 Å². The van der Waals surface area contributed by atoms with Crippen molar-refractivity contribution in [1.82, 2.24) is 14.5 Å².